The second-order valence-electron chi connectivity index (χ2n) is 11.2. The SMILES string of the molecule is CN1C(=O)C2(Cl)CC3C(=CCC4C(=O)N(CCCCCC(=O)O)C(=O)C43)C(c3ccc(OCCO)cc3)C2(Cl)C1=O. The molecule has 0 aromatic heterocycles. The van der Waals surface area contributed by atoms with Crippen LogP contribution >= 0.6 is 23.2 Å². The molecule has 2 N–H and O–H groups in total. The number of allylic oxidation sites excluding steroid dienone is 2. The summed E-state index contributed by atoms with van der Waals surface area (Å²) in [4.78, 5) is 63.5. The quantitative estimate of drug-likeness (QED) is 0.179. The molecule has 12 heteroatoms. The minimum Gasteiger partial charge on any atom is -0.491 e. The Bertz CT molecular complexity index is 1320. The molecule has 4 aliphatic rings. The van der Waals surface area contributed by atoms with Crippen molar-refractivity contribution in [1.29, 1.82) is 0 Å². The van der Waals surface area contributed by atoms with Gasteiger partial charge in [0.2, 0.25) is 11.8 Å². The van der Waals surface area contributed by atoms with Crippen molar-refractivity contribution in [3.63, 3.8) is 0 Å². The lowest BCUT2D eigenvalue weighted by Crippen LogP contribution is -2.60. The van der Waals surface area contributed by atoms with Crippen LogP contribution in [0.5, 0.6) is 5.75 Å². The van der Waals surface area contributed by atoms with E-state index in [-0.39, 0.29) is 50.8 Å². The highest BCUT2D eigenvalue weighted by molar-refractivity contribution is 6.53. The number of nitrogens with zero attached hydrogens (tertiary/aromatic N) is 2. The molecule has 3 fully saturated rings. The van der Waals surface area contributed by atoms with Gasteiger partial charge in [0, 0.05) is 25.9 Å². The molecule has 1 aromatic rings. The number of fused-ring (bicyclic) bond motifs is 4. The number of unbranched alkanes of at least 4 members (excludes halogenated alkanes) is 2. The fourth-order valence-corrected chi connectivity index (χ4v) is 8.07. The first-order chi connectivity index (χ1) is 19.5. The minimum absolute atomic E-state index is 0.0254. The predicted octanol–water partition coefficient (Wildman–Crippen LogP) is 2.69. The minimum atomic E-state index is -1.85. The maximum Gasteiger partial charge on any atom is 0.303 e. The number of ether oxygens (including phenoxy) is 1. The van der Waals surface area contributed by atoms with E-state index in [1.54, 1.807) is 24.3 Å². The molecule has 1 saturated carbocycles. The number of rotatable bonds is 10. The Morgan fingerprint density at radius 3 is 2.39 bits per heavy atom. The summed E-state index contributed by atoms with van der Waals surface area (Å²) < 4.78 is 5.47. The van der Waals surface area contributed by atoms with Gasteiger partial charge in [0.25, 0.3) is 11.8 Å². The molecule has 2 aliphatic carbocycles. The summed E-state index contributed by atoms with van der Waals surface area (Å²) in [5.74, 6) is -5.08. The Hall–Kier alpha value is -2.95. The topological polar surface area (TPSA) is 142 Å². The number of hydrogen-bond acceptors (Lipinski definition) is 7. The number of carbonyl (C=O) groups excluding carboxylic acids is 4. The zero-order valence-electron chi connectivity index (χ0n) is 22.6. The van der Waals surface area contributed by atoms with Crippen LogP contribution in [0.4, 0.5) is 0 Å². The average Bonchev–Trinajstić information content (AvgIpc) is 3.26. The molecule has 41 heavy (non-hydrogen) atoms. The van der Waals surface area contributed by atoms with E-state index < -0.39 is 51.2 Å². The van der Waals surface area contributed by atoms with E-state index in [9.17, 15) is 24.0 Å². The number of aliphatic hydroxyl groups is 1. The monoisotopic (exact) mass is 606 g/mol. The van der Waals surface area contributed by atoms with Crippen LogP contribution in [0.25, 0.3) is 0 Å². The van der Waals surface area contributed by atoms with Crippen molar-refractivity contribution in [1.82, 2.24) is 9.80 Å². The van der Waals surface area contributed by atoms with Crippen LogP contribution < -0.4 is 4.74 Å². The summed E-state index contributed by atoms with van der Waals surface area (Å²) in [5.41, 5.74) is 1.32. The summed E-state index contributed by atoms with van der Waals surface area (Å²) >= 11 is 14.3. The number of aliphatic hydroxyl groups excluding tert-OH is 1. The number of carboxylic acids is 1. The van der Waals surface area contributed by atoms with Crippen molar-refractivity contribution < 1.29 is 38.9 Å². The molecule has 220 valence electrons. The molecule has 4 amide bonds. The van der Waals surface area contributed by atoms with E-state index >= 15 is 0 Å². The van der Waals surface area contributed by atoms with Crippen LogP contribution in [0, 0.1) is 17.8 Å². The first-order valence-corrected chi connectivity index (χ1v) is 14.5. The van der Waals surface area contributed by atoms with Crippen molar-refractivity contribution in [2.45, 2.75) is 54.2 Å². The number of hydrogen-bond donors (Lipinski definition) is 2. The van der Waals surface area contributed by atoms with Gasteiger partial charge in [-0.1, -0.05) is 30.2 Å². The molecule has 2 saturated heterocycles. The number of halogens is 2. The second-order valence-corrected chi connectivity index (χ2v) is 12.4. The van der Waals surface area contributed by atoms with Crippen molar-refractivity contribution >= 4 is 52.8 Å². The lowest BCUT2D eigenvalue weighted by atomic mass is 9.56. The van der Waals surface area contributed by atoms with E-state index in [1.165, 1.54) is 11.9 Å². The molecule has 2 aliphatic heterocycles. The number of alkyl halides is 2. The van der Waals surface area contributed by atoms with Crippen molar-refractivity contribution in [2.75, 3.05) is 26.8 Å². The molecule has 0 bridgehead atoms. The fourth-order valence-electron chi connectivity index (χ4n) is 7.05. The Morgan fingerprint density at radius 2 is 1.73 bits per heavy atom. The van der Waals surface area contributed by atoms with E-state index in [1.807, 2.05) is 6.08 Å². The summed E-state index contributed by atoms with van der Waals surface area (Å²) in [6.45, 7) is 0.139. The predicted molar refractivity (Wildman–Crippen MR) is 147 cm³/mol. The van der Waals surface area contributed by atoms with Gasteiger partial charge in [0.1, 0.15) is 12.4 Å². The zero-order chi connectivity index (χ0) is 29.7. The fraction of sp³-hybridized carbons (Fsp3) is 0.552. The van der Waals surface area contributed by atoms with E-state index in [4.69, 9.17) is 38.2 Å². The highest BCUT2D eigenvalue weighted by atomic mass is 35.5. The summed E-state index contributed by atoms with van der Waals surface area (Å²) in [6, 6.07) is 6.82. The lowest BCUT2D eigenvalue weighted by Gasteiger charge is -2.50. The van der Waals surface area contributed by atoms with Gasteiger partial charge in [-0.05, 0) is 49.3 Å². The summed E-state index contributed by atoms with van der Waals surface area (Å²) in [6.07, 6.45) is 3.63. The number of amides is 4. The van der Waals surface area contributed by atoms with E-state index in [0.717, 1.165) is 4.90 Å². The van der Waals surface area contributed by atoms with Crippen LogP contribution in [0.1, 0.15) is 50.0 Å². The van der Waals surface area contributed by atoms with Crippen LogP contribution in [0.3, 0.4) is 0 Å². The molecule has 1 aromatic carbocycles. The zero-order valence-corrected chi connectivity index (χ0v) is 24.1. The number of carboxylic acid groups (broad SMARTS) is 1. The Morgan fingerprint density at radius 1 is 1.02 bits per heavy atom. The van der Waals surface area contributed by atoms with Crippen LogP contribution in [-0.4, -0.2) is 86.2 Å². The van der Waals surface area contributed by atoms with Gasteiger partial charge in [0.15, 0.2) is 9.75 Å². The van der Waals surface area contributed by atoms with Crippen LogP contribution in [0.2, 0.25) is 0 Å². The Labute approximate surface area is 247 Å². The van der Waals surface area contributed by atoms with Gasteiger partial charge >= 0.3 is 5.97 Å². The normalized spacial score (nSPS) is 32.5. The van der Waals surface area contributed by atoms with E-state index in [0.29, 0.717) is 36.1 Å². The number of carbonyl (C=O) groups is 5. The van der Waals surface area contributed by atoms with E-state index in [2.05, 4.69) is 0 Å². The summed E-state index contributed by atoms with van der Waals surface area (Å²) in [5, 5.41) is 17.9. The third kappa shape index (κ3) is 4.55. The van der Waals surface area contributed by atoms with Crippen molar-refractivity contribution in [3.05, 3.63) is 41.5 Å². The largest absolute Gasteiger partial charge is 0.491 e. The number of benzene rings is 1. The third-order valence-electron chi connectivity index (χ3n) is 8.95. The number of likely N-dealkylation sites (tertiary alicyclic amines) is 2. The highest BCUT2D eigenvalue weighted by Gasteiger charge is 2.75. The summed E-state index contributed by atoms with van der Waals surface area (Å²) in [7, 11) is 1.34. The van der Waals surface area contributed by atoms with Gasteiger partial charge in [0.05, 0.1) is 18.4 Å². The molecular weight excluding hydrogens is 575 g/mol. The van der Waals surface area contributed by atoms with Gasteiger partial charge in [-0.15, -0.1) is 23.2 Å². The second kappa shape index (κ2) is 11.0. The number of aliphatic carboxylic acids is 1. The Balaban J connectivity index is 1.50. The van der Waals surface area contributed by atoms with Gasteiger partial charge < -0.3 is 14.9 Å². The van der Waals surface area contributed by atoms with Gasteiger partial charge in [-0.3, -0.25) is 33.8 Å². The molecule has 2 heterocycles. The van der Waals surface area contributed by atoms with Crippen molar-refractivity contribution in [3.8, 4) is 5.75 Å². The molecule has 0 spiro atoms. The molecule has 5 rings (SSSR count). The number of imide groups is 2. The van der Waals surface area contributed by atoms with Crippen LogP contribution in [0.15, 0.2) is 35.9 Å². The van der Waals surface area contributed by atoms with Crippen molar-refractivity contribution in [2.24, 2.45) is 17.8 Å². The molecular formula is C29H32Cl2N2O8. The first-order valence-electron chi connectivity index (χ1n) is 13.8. The Kier molecular flexibility index (Phi) is 7.95. The lowest BCUT2D eigenvalue weighted by molar-refractivity contribution is -0.141. The maximum atomic E-state index is 13.8. The molecule has 6 unspecified atom stereocenters. The third-order valence-corrected chi connectivity index (χ3v) is 10.4. The standard InChI is InChI=1S/C29H32Cl2N2O8/c1-32-26(39)28(30)15-20-18(23(29(28,31)27(32)40)16-6-8-17(9-7-16)41-14-13-34)10-11-19-22(20)25(38)33(24(19)37)12-4-2-3-5-21(35)36/h6-10,19-20,22-23,34H,2-5,11-15H2,1H3,(H,35,36). The van der Waals surface area contributed by atoms with Gasteiger partial charge in [-0.2, -0.15) is 0 Å². The maximum absolute atomic E-state index is 13.8. The first kappa shape index (κ1) is 29.5. The van der Waals surface area contributed by atoms with Crippen LogP contribution in [-0.2, 0) is 24.0 Å². The average molecular weight is 607 g/mol. The molecule has 6 atom stereocenters. The highest BCUT2D eigenvalue weighted by Crippen LogP contribution is 2.65. The smallest absolute Gasteiger partial charge is 0.303 e. The molecule has 10 nitrogen and oxygen atoms in total. The van der Waals surface area contributed by atoms with Gasteiger partial charge in [-0.25, -0.2) is 0 Å². The molecule has 0 radical (unpaired) electrons.